The monoisotopic (exact) mass is 289 g/mol. The first kappa shape index (κ1) is 14.4. The zero-order chi connectivity index (χ0) is 14.9. The van der Waals surface area contributed by atoms with Crippen LogP contribution in [-0.4, -0.2) is 39.5 Å². The van der Waals surface area contributed by atoms with Crippen molar-refractivity contribution in [2.24, 2.45) is 0 Å². The highest BCUT2D eigenvalue weighted by Gasteiger charge is 2.38. The molecule has 2 aliphatic rings. The Hall–Kier alpha value is -1.49. The van der Waals surface area contributed by atoms with Crippen LogP contribution in [0.3, 0.4) is 0 Å². The maximum absolute atomic E-state index is 12.3. The van der Waals surface area contributed by atoms with Gasteiger partial charge < -0.3 is 9.64 Å². The summed E-state index contributed by atoms with van der Waals surface area (Å²) in [7, 11) is 0. The summed E-state index contributed by atoms with van der Waals surface area (Å²) in [6.07, 6.45) is 4.58. The third-order valence-electron chi connectivity index (χ3n) is 4.53. The average Bonchev–Trinajstić information content (AvgIpc) is 2.83. The first-order valence-corrected chi connectivity index (χ1v) is 7.79. The lowest BCUT2D eigenvalue weighted by atomic mass is 9.92. The summed E-state index contributed by atoms with van der Waals surface area (Å²) >= 11 is 0. The molecule has 21 heavy (non-hydrogen) atoms. The van der Waals surface area contributed by atoms with Crippen LogP contribution in [0.5, 0.6) is 0 Å². The molecule has 1 aromatic heterocycles. The molecule has 0 bridgehead atoms. The molecule has 0 aliphatic carbocycles. The summed E-state index contributed by atoms with van der Waals surface area (Å²) in [6, 6.07) is 1.95. The van der Waals surface area contributed by atoms with Crippen LogP contribution in [0.1, 0.15) is 49.3 Å². The Bertz CT molecular complexity index is 518. The van der Waals surface area contributed by atoms with E-state index in [9.17, 15) is 4.79 Å². The Balaban J connectivity index is 1.71. The quantitative estimate of drug-likeness (QED) is 0.837. The maximum Gasteiger partial charge on any atom is 0.223 e. The largest absolute Gasteiger partial charge is 0.375 e. The lowest BCUT2D eigenvalue weighted by Gasteiger charge is -2.26. The van der Waals surface area contributed by atoms with Gasteiger partial charge in [-0.05, 0) is 45.6 Å². The van der Waals surface area contributed by atoms with Crippen molar-refractivity contribution in [1.29, 1.82) is 0 Å². The number of carbonyl (C=O) groups excluding carboxylic acids is 1. The Kier molecular flexibility index (Phi) is 3.93. The highest BCUT2D eigenvalue weighted by Crippen LogP contribution is 2.36. The Morgan fingerprint density at radius 2 is 2.00 bits per heavy atom. The van der Waals surface area contributed by atoms with Crippen LogP contribution in [-0.2, 0) is 16.1 Å². The van der Waals surface area contributed by atoms with Gasteiger partial charge in [0, 0.05) is 31.0 Å². The minimum Gasteiger partial charge on any atom is -0.375 e. The molecule has 5 nitrogen and oxygen atoms in total. The minimum absolute atomic E-state index is 0.0478. The van der Waals surface area contributed by atoms with Crippen LogP contribution in [0.25, 0.3) is 0 Å². The summed E-state index contributed by atoms with van der Waals surface area (Å²) in [6.45, 7) is 6.02. The number of aromatic nitrogens is 2. The molecule has 1 spiro atoms. The van der Waals surface area contributed by atoms with Gasteiger partial charge in [-0.25, -0.2) is 9.97 Å². The van der Waals surface area contributed by atoms with Gasteiger partial charge in [0.15, 0.2) is 0 Å². The van der Waals surface area contributed by atoms with Gasteiger partial charge in [0.2, 0.25) is 5.91 Å². The molecule has 5 heteroatoms. The number of rotatable bonds is 2. The second-order valence-corrected chi connectivity index (χ2v) is 6.27. The molecule has 0 saturated carbocycles. The molecule has 0 aromatic carbocycles. The van der Waals surface area contributed by atoms with Crippen molar-refractivity contribution in [1.82, 2.24) is 14.9 Å². The van der Waals surface area contributed by atoms with E-state index in [1.807, 2.05) is 24.8 Å². The van der Waals surface area contributed by atoms with Crippen molar-refractivity contribution in [2.45, 2.75) is 58.1 Å². The molecule has 1 atom stereocenters. The van der Waals surface area contributed by atoms with E-state index >= 15 is 0 Å². The number of likely N-dealkylation sites (tertiary alicyclic amines) is 1. The summed E-state index contributed by atoms with van der Waals surface area (Å²) in [5.74, 6) is 0.939. The van der Waals surface area contributed by atoms with E-state index in [1.165, 1.54) is 0 Å². The SMILES string of the molecule is Cc1cc(C)nc(CN2CC[C@@]3(CCCO3)CCC2=O)n1. The van der Waals surface area contributed by atoms with Gasteiger partial charge in [0.1, 0.15) is 5.82 Å². The second-order valence-electron chi connectivity index (χ2n) is 6.27. The third kappa shape index (κ3) is 3.23. The summed E-state index contributed by atoms with van der Waals surface area (Å²) in [5, 5.41) is 0. The minimum atomic E-state index is -0.0478. The van der Waals surface area contributed by atoms with Crippen molar-refractivity contribution in [3.8, 4) is 0 Å². The zero-order valence-electron chi connectivity index (χ0n) is 12.9. The van der Waals surface area contributed by atoms with E-state index in [0.717, 1.165) is 56.0 Å². The Morgan fingerprint density at radius 3 is 2.67 bits per heavy atom. The van der Waals surface area contributed by atoms with Gasteiger partial charge in [0.25, 0.3) is 0 Å². The molecule has 114 valence electrons. The van der Waals surface area contributed by atoms with Gasteiger partial charge in [0.05, 0.1) is 12.1 Å². The number of aryl methyl sites for hydroxylation is 2. The fourth-order valence-corrected chi connectivity index (χ4v) is 3.44. The summed E-state index contributed by atoms with van der Waals surface area (Å²) < 4.78 is 5.94. The predicted octanol–water partition coefficient (Wildman–Crippen LogP) is 2.16. The number of hydrogen-bond acceptors (Lipinski definition) is 4. The summed E-state index contributed by atoms with van der Waals surface area (Å²) in [4.78, 5) is 23.1. The molecular formula is C16H23N3O2. The molecule has 2 fully saturated rings. The predicted molar refractivity (Wildman–Crippen MR) is 78.7 cm³/mol. The average molecular weight is 289 g/mol. The van der Waals surface area contributed by atoms with E-state index in [0.29, 0.717) is 13.0 Å². The lowest BCUT2D eigenvalue weighted by Crippen LogP contribution is -2.32. The number of carbonyl (C=O) groups is 1. The van der Waals surface area contributed by atoms with Gasteiger partial charge in [-0.15, -0.1) is 0 Å². The maximum atomic E-state index is 12.3. The zero-order valence-corrected chi connectivity index (χ0v) is 12.9. The topological polar surface area (TPSA) is 55.3 Å². The Morgan fingerprint density at radius 1 is 1.24 bits per heavy atom. The molecule has 3 heterocycles. The molecular weight excluding hydrogens is 266 g/mol. The van der Waals surface area contributed by atoms with Crippen LogP contribution >= 0.6 is 0 Å². The fourth-order valence-electron chi connectivity index (χ4n) is 3.44. The van der Waals surface area contributed by atoms with Crippen LogP contribution in [0.4, 0.5) is 0 Å². The first-order chi connectivity index (χ1) is 10.1. The molecule has 1 aromatic rings. The van der Waals surface area contributed by atoms with E-state index in [-0.39, 0.29) is 11.5 Å². The molecule has 0 unspecified atom stereocenters. The first-order valence-electron chi connectivity index (χ1n) is 7.79. The highest BCUT2D eigenvalue weighted by molar-refractivity contribution is 5.76. The van der Waals surface area contributed by atoms with Crippen molar-refractivity contribution in [3.63, 3.8) is 0 Å². The van der Waals surface area contributed by atoms with Crippen molar-refractivity contribution in [2.75, 3.05) is 13.2 Å². The molecule has 0 radical (unpaired) electrons. The third-order valence-corrected chi connectivity index (χ3v) is 4.53. The van der Waals surface area contributed by atoms with E-state index in [2.05, 4.69) is 9.97 Å². The van der Waals surface area contributed by atoms with Gasteiger partial charge >= 0.3 is 0 Å². The van der Waals surface area contributed by atoms with Gasteiger partial charge in [-0.3, -0.25) is 4.79 Å². The van der Waals surface area contributed by atoms with Crippen LogP contribution in [0, 0.1) is 13.8 Å². The van der Waals surface area contributed by atoms with Crippen molar-refractivity contribution >= 4 is 5.91 Å². The number of hydrogen-bond donors (Lipinski definition) is 0. The normalized spacial score (nSPS) is 26.4. The van der Waals surface area contributed by atoms with Crippen molar-refractivity contribution in [3.05, 3.63) is 23.3 Å². The van der Waals surface area contributed by atoms with Crippen LogP contribution in [0.15, 0.2) is 6.07 Å². The fraction of sp³-hybridized carbons (Fsp3) is 0.688. The van der Waals surface area contributed by atoms with Gasteiger partial charge in [-0.1, -0.05) is 0 Å². The number of amides is 1. The van der Waals surface area contributed by atoms with Crippen LogP contribution < -0.4 is 0 Å². The summed E-state index contributed by atoms with van der Waals surface area (Å²) in [5.41, 5.74) is 1.86. The standard InChI is InChI=1S/C16H23N3O2/c1-12-10-13(2)18-14(17-12)11-19-8-7-16(5-3-9-21-16)6-4-15(19)20/h10H,3-9,11H2,1-2H3/t16-/m1/s1. The van der Waals surface area contributed by atoms with E-state index < -0.39 is 0 Å². The Labute approximate surface area is 125 Å². The smallest absolute Gasteiger partial charge is 0.223 e. The number of ether oxygens (including phenoxy) is 1. The van der Waals surface area contributed by atoms with E-state index in [1.54, 1.807) is 0 Å². The van der Waals surface area contributed by atoms with Crippen LogP contribution in [0.2, 0.25) is 0 Å². The highest BCUT2D eigenvalue weighted by atomic mass is 16.5. The molecule has 1 amide bonds. The number of nitrogens with zero attached hydrogens (tertiary/aromatic N) is 3. The molecule has 0 N–H and O–H groups in total. The van der Waals surface area contributed by atoms with Gasteiger partial charge in [-0.2, -0.15) is 0 Å². The molecule has 3 rings (SSSR count). The molecule has 2 saturated heterocycles. The molecule has 2 aliphatic heterocycles. The lowest BCUT2D eigenvalue weighted by molar-refractivity contribution is -0.131. The van der Waals surface area contributed by atoms with E-state index in [4.69, 9.17) is 4.74 Å². The van der Waals surface area contributed by atoms with Crippen molar-refractivity contribution < 1.29 is 9.53 Å². The second kappa shape index (κ2) is 5.72.